The average molecular weight is 385 g/mol. The number of carbonyl (C=O) groups is 2. The monoisotopic (exact) mass is 383 g/mol. The van der Waals surface area contributed by atoms with E-state index in [0.29, 0.717) is 26.3 Å². The summed E-state index contributed by atoms with van der Waals surface area (Å²) in [6.07, 6.45) is 0.972. The molecule has 0 spiro atoms. The molecule has 124 valence electrons. The molecule has 0 saturated heterocycles. The molecule has 0 unspecified atom stereocenters. The molecule has 0 aromatic heterocycles. The van der Waals surface area contributed by atoms with E-state index in [-0.39, 0.29) is 0 Å². The minimum absolute atomic E-state index is 0.390. The number of benzene rings is 2. The van der Waals surface area contributed by atoms with Crippen molar-refractivity contribution in [3.8, 4) is 0 Å². The van der Waals surface area contributed by atoms with Gasteiger partial charge in [0, 0.05) is 10.6 Å². The number of hydrogen-bond acceptors (Lipinski definition) is 3. The first kappa shape index (κ1) is 18.3. The van der Waals surface area contributed by atoms with E-state index in [9.17, 15) is 9.59 Å². The van der Waals surface area contributed by atoms with Crippen LogP contribution >= 0.6 is 34.8 Å². The molecular formula is C16H12Cl3N3O2. The molecule has 2 N–H and O–H groups in total. The zero-order chi connectivity index (χ0) is 17.5. The van der Waals surface area contributed by atoms with Crippen LogP contribution in [-0.2, 0) is 9.59 Å². The summed E-state index contributed by atoms with van der Waals surface area (Å²) in [6, 6.07) is 11.6. The highest BCUT2D eigenvalue weighted by Gasteiger charge is 2.10. The summed E-state index contributed by atoms with van der Waals surface area (Å²) in [4.78, 5) is 23.5. The standard InChI is InChI=1S/C16H12Cl3N3O2/c17-11-6-5-10(13(19)7-11)9-20-22-16(24)8-15(23)21-14-4-2-1-3-12(14)18/h1-7,9H,8H2,(H,21,23)(H,22,24). The van der Waals surface area contributed by atoms with Gasteiger partial charge in [-0.1, -0.05) is 53.0 Å². The van der Waals surface area contributed by atoms with Gasteiger partial charge < -0.3 is 5.32 Å². The fraction of sp³-hybridized carbons (Fsp3) is 0.0625. The maximum absolute atomic E-state index is 11.8. The Morgan fingerprint density at radius 3 is 2.46 bits per heavy atom. The van der Waals surface area contributed by atoms with Crippen molar-refractivity contribution in [2.45, 2.75) is 6.42 Å². The van der Waals surface area contributed by atoms with Gasteiger partial charge in [-0.2, -0.15) is 5.10 Å². The molecule has 0 atom stereocenters. The normalized spacial score (nSPS) is 10.6. The number of hydrazone groups is 1. The van der Waals surface area contributed by atoms with E-state index in [4.69, 9.17) is 34.8 Å². The minimum atomic E-state index is -0.569. The Kier molecular flexibility index (Phi) is 6.61. The average Bonchev–Trinajstić information content (AvgIpc) is 2.51. The fourth-order valence-corrected chi connectivity index (χ4v) is 2.36. The lowest BCUT2D eigenvalue weighted by molar-refractivity contribution is -0.126. The SMILES string of the molecule is O=C(CC(=O)Nc1ccccc1Cl)NN=Cc1ccc(Cl)cc1Cl. The summed E-state index contributed by atoms with van der Waals surface area (Å²) in [6.45, 7) is 0. The van der Waals surface area contributed by atoms with Crippen LogP contribution in [0.15, 0.2) is 47.6 Å². The lowest BCUT2D eigenvalue weighted by Gasteiger charge is -2.06. The zero-order valence-corrected chi connectivity index (χ0v) is 14.5. The Balaban J connectivity index is 1.85. The molecule has 2 aromatic rings. The van der Waals surface area contributed by atoms with Gasteiger partial charge in [0.2, 0.25) is 11.8 Å². The van der Waals surface area contributed by atoms with Crippen LogP contribution in [0.3, 0.4) is 0 Å². The molecule has 8 heteroatoms. The second-order valence-corrected chi connectivity index (χ2v) is 5.91. The first-order valence-corrected chi connectivity index (χ1v) is 7.90. The fourth-order valence-electron chi connectivity index (χ4n) is 1.72. The second kappa shape index (κ2) is 8.68. The van der Waals surface area contributed by atoms with Gasteiger partial charge in [-0.25, -0.2) is 5.43 Å². The van der Waals surface area contributed by atoms with Crippen molar-refractivity contribution in [2.24, 2.45) is 5.10 Å². The molecule has 0 aliphatic carbocycles. The van der Waals surface area contributed by atoms with E-state index < -0.39 is 18.2 Å². The molecule has 5 nitrogen and oxygen atoms in total. The van der Waals surface area contributed by atoms with Crippen LogP contribution in [0.5, 0.6) is 0 Å². The number of carbonyl (C=O) groups excluding carboxylic acids is 2. The van der Waals surface area contributed by atoms with Crippen molar-refractivity contribution in [3.63, 3.8) is 0 Å². The summed E-state index contributed by atoms with van der Waals surface area (Å²) in [7, 11) is 0. The third kappa shape index (κ3) is 5.53. The number of anilines is 1. The van der Waals surface area contributed by atoms with Gasteiger partial charge in [0.15, 0.2) is 0 Å². The van der Waals surface area contributed by atoms with E-state index in [1.54, 1.807) is 42.5 Å². The topological polar surface area (TPSA) is 70.6 Å². The van der Waals surface area contributed by atoms with Crippen molar-refractivity contribution in [1.29, 1.82) is 0 Å². The number of amides is 2. The smallest absolute Gasteiger partial charge is 0.249 e. The highest BCUT2D eigenvalue weighted by molar-refractivity contribution is 6.36. The predicted molar refractivity (Wildman–Crippen MR) is 96.9 cm³/mol. The van der Waals surface area contributed by atoms with Crippen LogP contribution in [0.25, 0.3) is 0 Å². The van der Waals surface area contributed by atoms with Gasteiger partial charge in [-0.15, -0.1) is 0 Å². The summed E-state index contributed by atoms with van der Waals surface area (Å²) in [5.74, 6) is -1.07. The summed E-state index contributed by atoms with van der Waals surface area (Å²) < 4.78 is 0. The first-order chi connectivity index (χ1) is 11.5. The molecule has 0 fully saturated rings. The van der Waals surface area contributed by atoms with Gasteiger partial charge in [0.05, 0.1) is 21.9 Å². The van der Waals surface area contributed by atoms with Gasteiger partial charge in [0.25, 0.3) is 0 Å². The van der Waals surface area contributed by atoms with Gasteiger partial charge in [-0.3, -0.25) is 9.59 Å². The largest absolute Gasteiger partial charge is 0.324 e. The van der Waals surface area contributed by atoms with Crippen LogP contribution in [0.4, 0.5) is 5.69 Å². The molecule has 2 aromatic carbocycles. The molecule has 0 saturated carbocycles. The number of nitrogens with zero attached hydrogens (tertiary/aromatic N) is 1. The van der Waals surface area contributed by atoms with E-state index in [1.165, 1.54) is 6.21 Å². The van der Waals surface area contributed by atoms with Crippen LogP contribution in [-0.4, -0.2) is 18.0 Å². The molecule has 0 radical (unpaired) electrons. The second-order valence-electron chi connectivity index (χ2n) is 4.66. The molecule has 2 rings (SSSR count). The number of hydrogen-bond donors (Lipinski definition) is 2. The van der Waals surface area contributed by atoms with Gasteiger partial charge in [0.1, 0.15) is 6.42 Å². The van der Waals surface area contributed by atoms with Crippen LogP contribution < -0.4 is 10.7 Å². The maximum Gasteiger partial charge on any atom is 0.249 e. The highest BCUT2D eigenvalue weighted by atomic mass is 35.5. The van der Waals surface area contributed by atoms with Crippen molar-refractivity contribution < 1.29 is 9.59 Å². The first-order valence-electron chi connectivity index (χ1n) is 6.77. The zero-order valence-electron chi connectivity index (χ0n) is 12.2. The van der Waals surface area contributed by atoms with E-state index in [0.717, 1.165) is 0 Å². The van der Waals surface area contributed by atoms with Crippen LogP contribution in [0.2, 0.25) is 15.1 Å². The summed E-state index contributed by atoms with van der Waals surface area (Å²) in [5.41, 5.74) is 3.27. The molecular weight excluding hydrogens is 373 g/mol. The number of nitrogens with one attached hydrogen (secondary N) is 2. The van der Waals surface area contributed by atoms with E-state index in [1.807, 2.05) is 0 Å². The Hall–Kier alpha value is -2.08. The Morgan fingerprint density at radius 2 is 1.75 bits per heavy atom. The van der Waals surface area contributed by atoms with Crippen molar-refractivity contribution >= 4 is 58.5 Å². The molecule has 2 amide bonds. The number of para-hydroxylation sites is 1. The third-order valence-electron chi connectivity index (χ3n) is 2.82. The van der Waals surface area contributed by atoms with E-state index >= 15 is 0 Å². The molecule has 0 bridgehead atoms. The number of halogens is 3. The molecule has 0 heterocycles. The quantitative estimate of drug-likeness (QED) is 0.462. The van der Waals surface area contributed by atoms with Crippen LogP contribution in [0, 0.1) is 0 Å². The van der Waals surface area contributed by atoms with Crippen LogP contribution in [0.1, 0.15) is 12.0 Å². The molecule has 24 heavy (non-hydrogen) atoms. The Morgan fingerprint density at radius 1 is 1.00 bits per heavy atom. The number of rotatable bonds is 5. The summed E-state index contributed by atoms with van der Waals surface area (Å²) in [5, 5.41) is 7.58. The molecule has 0 aliphatic rings. The Bertz CT molecular complexity index is 794. The lowest BCUT2D eigenvalue weighted by atomic mass is 10.2. The lowest BCUT2D eigenvalue weighted by Crippen LogP contribution is -2.24. The van der Waals surface area contributed by atoms with Crippen molar-refractivity contribution in [1.82, 2.24) is 5.43 Å². The maximum atomic E-state index is 11.8. The Labute approximate surface area is 153 Å². The minimum Gasteiger partial charge on any atom is -0.324 e. The molecule has 0 aliphatic heterocycles. The van der Waals surface area contributed by atoms with Crippen molar-refractivity contribution in [3.05, 3.63) is 63.1 Å². The van der Waals surface area contributed by atoms with Gasteiger partial charge in [-0.05, 0) is 24.3 Å². The third-order valence-corrected chi connectivity index (χ3v) is 3.72. The highest BCUT2D eigenvalue weighted by Crippen LogP contribution is 2.20. The van der Waals surface area contributed by atoms with Crippen molar-refractivity contribution in [2.75, 3.05) is 5.32 Å². The van der Waals surface area contributed by atoms with E-state index in [2.05, 4.69) is 15.8 Å². The summed E-state index contributed by atoms with van der Waals surface area (Å²) >= 11 is 17.7. The predicted octanol–water partition coefficient (Wildman–Crippen LogP) is 4.13. The van der Waals surface area contributed by atoms with Gasteiger partial charge >= 0.3 is 0 Å².